The fourth-order valence-electron chi connectivity index (χ4n) is 2.28. The van der Waals surface area contributed by atoms with Crippen molar-refractivity contribution in [3.05, 3.63) is 23.2 Å². The average Bonchev–Trinajstić information content (AvgIpc) is 2.68. The normalized spacial score (nSPS) is 11.0. The van der Waals surface area contributed by atoms with E-state index >= 15 is 0 Å². The summed E-state index contributed by atoms with van der Waals surface area (Å²) in [4.78, 5) is 14.2. The van der Waals surface area contributed by atoms with Gasteiger partial charge in [-0.25, -0.2) is 0 Å². The van der Waals surface area contributed by atoms with E-state index in [0.29, 0.717) is 17.9 Å². The SMILES string of the molecule is CCC(CC)N(CCO)C(=O)c1cc(C)oc1C. The van der Waals surface area contributed by atoms with Crippen molar-refractivity contribution in [1.29, 1.82) is 0 Å². The second-order valence-corrected chi connectivity index (χ2v) is 4.52. The summed E-state index contributed by atoms with van der Waals surface area (Å²) in [5.74, 6) is 1.34. The molecule has 0 aliphatic heterocycles. The molecule has 0 saturated carbocycles. The van der Waals surface area contributed by atoms with Gasteiger partial charge in [-0.3, -0.25) is 4.79 Å². The first kappa shape index (κ1) is 14.8. The minimum atomic E-state index is -0.0490. The second kappa shape index (κ2) is 6.59. The van der Waals surface area contributed by atoms with Crippen molar-refractivity contribution >= 4 is 5.91 Å². The van der Waals surface area contributed by atoms with Crippen LogP contribution in [0.5, 0.6) is 0 Å². The summed E-state index contributed by atoms with van der Waals surface area (Å²) in [6.45, 7) is 8.09. The van der Waals surface area contributed by atoms with Crippen LogP contribution in [0.1, 0.15) is 48.6 Å². The lowest BCUT2D eigenvalue weighted by molar-refractivity contribution is 0.0620. The van der Waals surface area contributed by atoms with Crippen LogP contribution in [0.4, 0.5) is 0 Å². The van der Waals surface area contributed by atoms with Crippen molar-refractivity contribution in [3.8, 4) is 0 Å². The molecule has 1 heterocycles. The number of aliphatic hydroxyl groups excluding tert-OH is 1. The standard InChI is InChI=1S/C14H23NO3/c1-5-12(6-2)15(7-8-16)14(17)13-9-10(3)18-11(13)4/h9,12,16H,5-8H2,1-4H3. The second-order valence-electron chi connectivity index (χ2n) is 4.52. The van der Waals surface area contributed by atoms with Crippen LogP contribution in [0.3, 0.4) is 0 Å². The van der Waals surface area contributed by atoms with Gasteiger partial charge in [0.1, 0.15) is 11.5 Å². The van der Waals surface area contributed by atoms with Gasteiger partial charge in [0.05, 0.1) is 12.2 Å². The highest BCUT2D eigenvalue weighted by Gasteiger charge is 2.24. The van der Waals surface area contributed by atoms with Gasteiger partial charge in [0.15, 0.2) is 0 Å². The number of amides is 1. The molecule has 0 bridgehead atoms. The third-order valence-electron chi connectivity index (χ3n) is 3.26. The van der Waals surface area contributed by atoms with Crippen LogP contribution < -0.4 is 0 Å². The van der Waals surface area contributed by atoms with Crippen molar-refractivity contribution in [2.45, 2.75) is 46.6 Å². The molecule has 0 spiro atoms. The van der Waals surface area contributed by atoms with Gasteiger partial charge in [0.2, 0.25) is 0 Å². The van der Waals surface area contributed by atoms with E-state index in [4.69, 9.17) is 9.52 Å². The zero-order valence-electron chi connectivity index (χ0n) is 11.7. The summed E-state index contributed by atoms with van der Waals surface area (Å²) in [5, 5.41) is 9.13. The molecule has 1 aromatic heterocycles. The van der Waals surface area contributed by atoms with Crippen molar-refractivity contribution in [3.63, 3.8) is 0 Å². The Balaban J connectivity index is 2.98. The van der Waals surface area contributed by atoms with Crippen molar-refractivity contribution in [2.24, 2.45) is 0 Å². The molecular weight excluding hydrogens is 230 g/mol. The fourth-order valence-corrected chi connectivity index (χ4v) is 2.28. The number of furan rings is 1. The highest BCUT2D eigenvalue weighted by Crippen LogP contribution is 2.19. The highest BCUT2D eigenvalue weighted by molar-refractivity contribution is 5.95. The van der Waals surface area contributed by atoms with Gasteiger partial charge in [0, 0.05) is 12.6 Å². The summed E-state index contributed by atoms with van der Waals surface area (Å²) in [5.41, 5.74) is 0.604. The highest BCUT2D eigenvalue weighted by atomic mass is 16.3. The van der Waals surface area contributed by atoms with Gasteiger partial charge >= 0.3 is 0 Å². The molecule has 0 atom stereocenters. The molecule has 0 aromatic carbocycles. The van der Waals surface area contributed by atoms with Gasteiger partial charge in [-0.2, -0.15) is 0 Å². The van der Waals surface area contributed by atoms with Crippen LogP contribution >= 0.6 is 0 Å². The van der Waals surface area contributed by atoms with E-state index in [-0.39, 0.29) is 18.6 Å². The Morgan fingerprint density at radius 2 is 2.00 bits per heavy atom. The van der Waals surface area contributed by atoms with Gasteiger partial charge in [-0.1, -0.05) is 13.8 Å². The summed E-state index contributed by atoms with van der Waals surface area (Å²) in [6.07, 6.45) is 1.77. The van der Waals surface area contributed by atoms with Crippen LogP contribution in [0.15, 0.2) is 10.5 Å². The number of hydrogen-bond acceptors (Lipinski definition) is 3. The number of hydrogen-bond donors (Lipinski definition) is 1. The van der Waals surface area contributed by atoms with E-state index in [2.05, 4.69) is 13.8 Å². The molecule has 0 saturated heterocycles. The Kier molecular flexibility index (Phi) is 5.41. The average molecular weight is 253 g/mol. The summed E-state index contributed by atoms with van der Waals surface area (Å²) in [6, 6.07) is 1.93. The Hall–Kier alpha value is -1.29. The first-order valence-electron chi connectivity index (χ1n) is 6.53. The summed E-state index contributed by atoms with van der Waals surface area (Å²) >= 11 is 0. The minimum absolute atomic E-state index is 0.0158. The number of rotatable bonds is 6. The number of aliphatic hydroxyl groups is 1. The fraction of sp³-hybridized carbons (Fsp3) is 0.643. The van der Waals surface area contributed by atoms with Crippen molar-refractivity contribution in [1.82, 2.24) is 4.90 Å². The molecule has 4 nitrogen and oxygen atoms in total. The molecule has 1 N–H and O–H groups in total. The van der Waals surface area contributed by atoms with Crippen molar-refractivity contribution < 1.29 is 14.3 Å². The first-order chi connectivity index (χ1) is 8.54. The summed E-state index contributed by atoms with van der Waals surface area (Å²) in [7, 11) is 0. The van der Waals surface area contributed by atoms with Gasteiger partial charge in [-0.05, 0) is 32.8 Å². The quantitative estimate of drug-likeness (QED) is 0.847. The number of carbonyl (C=O) groups excluding carboxylic acids is 1. The summed E-state index contributed by atoms with van der Waals surface area (Å²) < 4.78 is 5.40. The smallest absolute Gasteiger partial charge is 0.257 e. The maximum atomic E-state index is 12.5. The van der Waals surface area contributed by atoms with Crippen LogP contribution in [0.2, 0.25) is 0 Å². The van der Waals surface area contributed by atoms with E-state index < -0.39 is 0 Å². The number of carbonyl (C=O) groups is 1. The zero-order valence-corrected chi connectivity index (χ0v) is 11.7. The Labute approximate surface area is 109 Å². The van der Waals surface area contributed by atoms with Crippen LogP contribution in [0.25, 0.3) is 0 Å². The van der Waals surface area contributed by atoms with Crippen LogP contribution in [0, 0.1) is 13.8 Å². The molecule has 1 amide bonds. The molecule has 0 aliphatic rings. The van der Waals surface area contributed by atoms with E-state index in [1.807, 2.05) is 6.92 Å². The predicted molar refractivity (Wildman–Crippen MR) is 70.7 cm³/mol. The molecule has 4 heteroatoms. The Morgan fingerprint density at radius 3 is 2.39 bits per heavy atom. The van der Waals surface area contributed by atoms with Crippen molar-refractivity contribution in [2.75, 3.05) is 13.2 Å². The lowest BCUT2D eigenvalue weighted by Crippen LogP contribution is -2.41. The molecule has 1 rings (SSSR count). The van der Waals surface area contributed by atoms with Gasteiger partial charge < -0.3 is 14.4 Å². The van der Waals surface area contributed by atoms with Crippen LogP contribution in [-0.2, 0) is 0 Å². The molecule has 0 unspecified atom stereocenters. The zero-order chi connectivity index (χ0) is 13.7. The van der Waals surface area contributed by atoms with E-state index in [1.54, 1.807) is 17.9 Å². The lowest BCUT2D eigenvalue weighted by atomic mass is 10.1. The number of aryl methyl sites for hydroxylation is 2. The first-order valence-corrected chi connectivity index (χ1v) is 6.53. The molecule has 0 aliphatic carbocycles. The minimum Gasteiger partial charge on any atom is -0.466 e. The Morgan fingerprint density at radius 1 is 1.39 bits per heavy atom. The largest absolute Gasteiger partial charge is 0.466 e. The number of nitrogens with zero attached hydrogens (tertiary/aromatic N) is 1. The molecule has 0 fully saturated rings. The van der Waals surface area contributed by atoms with Gasteiger partial charge in [0.25, 0.3) is 5.91 Å². The third kappa shape index (κ3) is 3.13. The Bertz CT molecular complexity index is 394. The maximum absolute atomic E-state index is 12.5. The van der Waals surface area contributed by atoms with E-state index in [1.165, 1.54) is 0 Å². The van der Waals surface area contributed by atoms with E-state index in [9.17, 15) is 4.79 Å². The monoisotopic (exact) mass is 253 g/mol. The maximum Gasteiger partial charge on any atom is 0.257 e. The molecule has 0 radical (unpaired) electrons. The van der Waals surface area contributed by atoms with Gasteiger partial charge in [-0.15, -0.1) is 0 Å². The molecule has 1 aromatic rings. The molecular formula is C14H23NO3. The third-order valence-corrected chi connectivity index (χ3v) is 3.26. The molecule has 102 valence electrons. The van der Waals surface area contributed by atoms with E-state index in [0.717, 1.165) is 18.6 Å². The van der Waals surface area contributed by atoms with Crippen LogP contribution in [-0.4, -0.2) is 35.1 Å². The molecule has 18 heavy (non-hydrogen) atoms. The predicted octanol–water partition coefficient (Wildman–Crippen LogP) is 2.52. The topological polar surface area (TPSA) is 53.7 Å². The lowest BCUT2D eigenvalue weighted by Gasteiger charge is -2.29.